The molecular weight excluding hydrogens is 511 g/mol. The molecule has 0 aliphatic heterocycles. The number of halogens is 1. The van der Waals surface area contributed by atoms with Crippen LogP contribution >= 0.6 is 24.0 Å². The highest BCUT2D eigenvalue weighted by atomic mass is 127. The first-order valence-electron chi connectivity index (χ1n) is 9.71. The summed E-state index contributed by atoms with van der Waals surface area (Å²) in [6.07, 6.45) is 1.61. The highest BCUT2D eigenvalue weighted by Crippen LogP contribution is 2.19. The Balaban J connectivity index is 0.00000341. The van der Waals surface area contributed by atoms with Gasteiger partial charge in [-0.05, 0) is 39.0 Å². The summed E-state index contributed by atoms with van der Waals surface area (Å²) in [6.45, 7) is 7.17. The number of hydrogen-bond donors (Lipinski definition) is 2. The van der Waals surface area contributed by atoms with E-state index in [0.717, 1.165) is 11.3 Å². The SMILES string of the molecule is CCNC(=NCc1coc(-c2ccc(C)cc2)n1)NCc1cc(C(=O)OC)c(C)o1.I. The molecule has 0 aliphatic rings. The molecule has 0 fully saturated rings. The van der Waals surface area contributed by atoms with Gasteiger partial charge in [-0.15, -0.1) is 24.0 Å². The molecule has 0 aliphatic carbocycles. The van der Waals surface area contributed by atoms with Gasteiger partial charge in [0.05, 0.1) is 20.2 Å². The van der Waals surface area contributed by atoms with Crippen molar-refractivity contribution in [2.24, 2.45) is 4.99 Å². The molecular formula is C22H27IN4O4. The van der Waals surface area contributed by atoms with Crippen LogP contribution in [0.2, 0.25) is 0 Å². The van der Waals surface area contributed by atoms with Gasteiger partial charge in [0.25, 0.3) is 0 Å². The van der Waals surface area contributed by atoms with Crippen molar-refractivity contribution in [3.8, 4) is 11.5 Å². The molecule has 0 atom stereocenters. The van der Waals surface area contributed by atoms with Crippen molar-refractivity contribution in [1.29, 1.82) is 0 Å². The molecule has 0 unspecified atom stereocenters. The van der Waals surface area contributed by atoms with E-state index in [1.165, 1.54) is 12.7 Å². The Labute approximate surface area is 198 Å². The van der Waals surface area contributed by atoms with E-state index in [4.69, 9.17) is 13.6 Å². The Morgan fingerprint density at radius 1 is 1.19 bits per heavy atom. The van der Waals surface area contributed by atoms with Crippen LogP contribution in [0.5, 0.6) is 0 Å². The van der Waals surface area contributed by atoms with E-state index in [1.807, 2.05) is 38.1 Å². The molecule has 166 valence electrons. The lowest BCUT2D eigenvalue weighted by Crippen LogP contribution is -2.36. The Hall–Kier alpha value is -2.82. The lowest BCUT2D eigenvalue weighted by atomic mass is 10.1. The number of furan rings is 1. The number of hydrogen-bond acceptors (Lipinski definition) is 6. The van der Waals surface area contributed by atoms with Crippen molar-refractivity contribution in [3.63, 3.8) is 0 Å². The number of guanidine groups is 1. The van der Waals surface area contributed by atoms with E-state index in [-0.39, 0.29) is 24.0 Å². The minimum Gasteiger partial charge on any atom is -0.465 e. The molecule has 9 heteroatoms. The number of nitrogens with one attached hydrogen (secondary N) is 2. The van der Waals surface area contributed by atoms with Gasteiger partial charge < -0.3 is 24.2 Å². The first kappa shape index (κ1) is 24.4. The second-order valence-corrected chi connectivity index (χ2v) is 6.73. The molecule has 2 aromatic heterocycles. The summed E-state index contributed by atoms with van der Waals surface area (Å²) >= 11 is 0. The molecule has 2 heterocycles. The first-order valence-corrected chi connectivity index (χ1v) is 9.71. The highest BCUT2D eigenvalue weighted by molar-refractivity contribution is 14.0. The first-order chi connectivity index (χ1) is 14.5. The molecule has 0 amide bonds. The Bertz CT molecular complexity index is 1020. The number of aryl methyl sites for hydroxylation is 2. The number of benzene rings is 1. The fourth-order valence-corrected chi connectivity index (χ4v) is 2.82. The van der Waals surface area contributed by atoms with Crippen LogP contribution in [0.4, 0.5) is 0 Å². The van der Waals surface area contributed by atoms with Gasteiger partial charge >= 0.3 is 5.97 Å². The van der Waals surface area contributed by atoms with Crippen LogP contribution in [-0.4, -0.2) is 30.6 Å². The highest BCUT2D eigenvalue weighted by Gasteiger charge is 2.15. The van der Waals surface area contributed by atoms with Gasteiger partial charge in [-0.1, -0.05) is 17.7 Å². The normalized spacial score (nSPS) is 11.0. The second kappa shape index (κ2) is 11.5. The number of rotatable bonds is 7. The van der Waals surface area contributed by atoms with Crippen LogP contribution in [0, 0.1) is 13.8 Å². The van der Waals surface area contributed by atoms with Gasteiger partial charge in [0, 0.05) is 12.1 Å². The Kier molecular flexibility index (Phi) is 9.10. The largest absolute Gasteiger partial charge is 0.465 e. The average Bonchev–Trinajstić information content (AvgIpc) is 3.36. The molecule has 3 aromatic rings. The van der Waals surface area contributed by atoms with E-state index in [2.05, 4.69) is 20.6 Å². The fraction of sp³-hybridized carbons (Fsp3) is 0.318. The van der Waals surface area contributed by atoms with Crippen molar-refractivity contribution in [2.45, 2.75) is 33.9 Å². The monoisotopic (exact) mass is 538 g/mol. The van der Waals surface area contributed by atoms with E-state index in [9.17, 15) is 4.79 Å². The van der Waals surface area contributed by atoms with Crippen molar-refractivity contribution in [3.05, 3.63) is 64.9 Å². The molecule has 3 rings (SSSR count). The number of nitrogens with zero attached hydrogens (tertiary/aromatic N) is 2. The van der Waals surface area contributed by atoms with E-state index < -0.39 is 5.97 Å². The maximum atomic E-state index is 11.7. The minimum absolute atomic E-state index is 0. The smallest absolute Gasteiger partial charge is 0.341 e. The molecule has 31 heavy (non-hydrogen) atoms. The van der Waals surface area contributed by atoms with Crippen LogP contribution in [0.1, 0.15) is 40.1 Å². The number of methoxy groups -OCH3 is 1. The average molecular weight is 538 g/mol. The van der Waals surface area contributed by atoms with Gasteiger partial charge in [-0.25, -0.2) is 14.8 Å². The van der Waals surface area contributed by atoms with Gasteiger partial charge in [-0.3, -0.25) is 0 Å². The fourth-order valence-electron chi connectivity index (χ4n) is 2.82. The van der Waals surface area contributed by atoms with E-state index in [1.54, 1.807) is 19.3 Å². The zero-order chi connectivity index (χ0) is 21.5. The lowest BCUT2D eigenvalue weighted by molar-refractivity contribution is 0.0599. The van der Waals surface area contributed by atoms with E-state index >= 15 is 0 Å². The zero-order valence-electron chi connectivity index (χ0n) is 18.0. The van der Waals surface area contributed by atoms with Crippen LogP contribution in [-0.2, 0) is 17.8 Å². The lowest BCUT2D eigenvalue weighted by Gasteiger charge is -2.09. The van der Waals surface area contributed by atoms with Gasteiger partial charge in [0.2, 0.25) is 5.89 Å². The van der Waals surface area contributed by atoms with Gasteiger partial charge in [0.1, 0.15) is 29.0 Å². The van der Waals surface area contributed by atoms with Gasteiger partial charge in [0.15, 0.2) is 5.96 Å². The third kappa shape index (κ3) is 6.58. The molecule has 0 radical (unpaired) electrons. The number of carbonyl (C=O) groups is 1. The second-order valence-electron chi connectivity index (χ2n) is 6.73. The quantitative estimate of drug-likeness (QED) is 0.201. The van der Waals surface area contributed by atoms with Crippen molar-refractivity contribution < 1.29 is 18.4 Å². The number of carbonyl (C=O) groups excluding carboxylic acids is 1. The van der Waals surface area contributed by atoms with Crippen molar-refractivity contribution in [1.82, 2.24) is 15.6 Å². The third-order valence-electron chi connectivity index (χ3n) is 4.40. The van der Waals surface area contributed by atoms with Crippen LogP contribution in [0.25, 0.3) is 11.5 Å². The standard InChI is InChI=1S/C22H26N4O4.HI/c1-5-23-22(25-12-18-10-19(15(3)30-18)21(27)28-4)24-11-17-13-29-20(26-17)16-8-6-14(2)7-9-16;/h6-10,13H,5,11-12H2,1-4H3,(H2,23,24,25);1H. The zero-order valence-corrected chi connectivity index (χ0v) is 20.4. The summed E-state index contributed by atoms with van der Waals surface area (Å²) in [5, 5.41) is 6.35. The maximum Gasteiger partial charge on any atom is 0.341 e. The summed E-state index contributed by atoms with van der Waals surface area (Å²) < 4.78 is 15.9. The molecule has 0 saturated heterocycles. The number of oxazole rings is 1. The molecule has 0 bridgehead atoms. The van der Waals surface area contributed by atoms with Crippen LogP contribution in [0.15, 0.2) is 50.4 Å². The Morgan fingerprint density at radius 3 is 2.61 bits per heavy atom. The molecule has 0 saturated carbocycles. The minimum atomic E-state index is -0.418. The third-order valence-corrected chi connectivity index (χ3v) is 4.40. The van der Waals surface area contributed by atoms with Crippen molar-refractivity contribution in [2.75, 3.05) is 13.7 Å². The molecule has 1 aromatic carbocycles. The summed E-state index contributed by atoms with van der Waals surface area (Å²) in [7, 11) is 1.34. The van der Waals surface area contributed by atoms with E-state index in [0.29, 0.717) is 48.6 Å². The molecule has 0 spiro atoms. The molecule has 8 nitrogen and oxygen atoms in total. The topological polar surface area (TPSA) is 102 Å². The predicted octanol–water partition coefficient (Wildman–Crippen LogP) is 4.21. The number of aromatic nitrogens is 1. The molecule has 2 N–H and O–H groups in total. The summed E-state index contributed by atoms with van der Waals surface area (Å²) in [5.74, 6) is 1.89. The predicted molar refractivity (Wildman–Crippen MR) is 129 cm³/mol. The van der Waals surface area contributed by atoms with Gasteiger partial charge in [-0.2, -0.15) is 0 Å². The number of ether oxygens (including phenoxy) is 1. The summed E-state index contributed by atoms with van der Waals surface area (Å²) in [5.41, 5.74) is 3.25. The summed E-state index contributed by atoms with van der Waals surface area (Å²) in [6, 6.07) is 9.67. The maximum absolute atomic E-state index is 11.7. The Morgan fingerprint density at radius 2 is 1.94 bits per heavy atom. The number of esters is 1. The van der Waals surface area contributed by atoms with Crippen molar-refractivity contribution >= 4 is 35.9 Å². The van der Waals surface area contributed by atoms with Crippen LogP contribution in [0.3, 0.4) is 0 Å². The summed E-state index contributed by atoms with van der Waals surface area (Å²) in [4.78, 5) is 20.8. The van der Waals surface area contributed by atoms with Crippen LogP contribution < -0.4 is 10.6 Å². The number of aliphatic imine (C=N–C) groups is 1.